The number of hydrogen-bond acceptors (Lipinski definition) is 3. The van der Waals surface area contributed by atoms with E-state index in [1.807, 2.05) is 0 Å². The lowest BCUT2D eigenvalue weighted by Crippen LogP contribution is -2.46. The summed E-state index contributed by atoms with van der Waals surface area (Å²) in [5.41, 5.74) is -1.07. The maximum Gasteiger partial charge on any atom is 0.327 e. The topological polar surface area (TPSA) is 77.9 Å². The molecule has 0 bridgehead atoms. The molecule has 0 unspecified atom stereocenters. The fourth-order valence-corrected chi connectivity index (χ4v) is 1.43. The molecule has 1 aliphatic rings. The Hall–Kier alpha value is -1.59. The van der Waals surface area contributed by atoms with Crippen molar-refractivity contribution < 1.29 is 19.5 Å². The van der Waals surface area contributed by atoms with E-state index in [0.29, 0.717) is 0 Å². The van der Waals surface area contributed by atoms with Crippen molar-refractivity contribution in [3.63, 3.8) is 0 Å². The van der Waals surface area contributed by atoms with E-state index in [0.717, 1.165) is 9.80 Å². The largest absolute Gasteiger partial charge is 0.480 e. The van der Waals surface area contributed by atoms with Crippen LogP contribution in [0, 0.1) is 0 Å². The first-order valence-corrected chi connectivity index (χ1v) is 4.10. The number of amides is 3. The zero-order chi connectivity index (χ0) is 11.1. The van der Waals surface area contributed by atoms with E-state index in [4.69, 9.17) is 5.11 Å². The van der Waals surface area contributed by atoms with Crippen LogP contribution < -0.4 is 0 Å². The third kappa shape index (κ3) is 1.32. The number of rotatable bonds is 2. The van der Waals surface area contributed by atoms with Crippen molar-refractivity contribution in [1.29, 1.82) is 0 Å². The SMILES string of the molecule is CN1C(=O)N(CC(=O)O)C(C)(C)C1=O. The first kappa shape index (κ1) is 10.5. The Morgan fingerprint density at radius 2 is 1.93 bits per heavy atom. The number of carbonyl (C=O) groups is 3. The summed E-state index contributed by atoms with van der Waals surface area (Å²) >= 11 is 0. The number of imide groups is 1. The molecule has 78 valence electrons. The Kier molecular flexibility index (Phi) is 2.22. The summed E-state index contributed by atoms with van der Waals surface area (Å²) in [5, 5.41) is 8.57. The van der Waals surface area contributed by atoms with Crippen LogP contribution in [0.2, 0.25) is 0 Å². The van der Waals surface area contributed by atoms with Crippen LogP contribution in [0.25, 0.3) is 0 Å². The average molecular weight is 200 g/mol. The average Bonchev–Trinajstić information content (AvgIpc) is 2.20. The molecule has 6 heteroatoms. The smallest absolute Gasteiger partial charge is 0.327 e. The zero-order valence-corrected chi connectivity index (χ0v) is 8.27. The minimum atomic E-state index is -1.13. The van der Waals surface area contributed by atoms with E-state index in [1.165, 1.54) is 20.9 Å². The molecule has 0 aromatic heterocycles. The van der Waals surface area contributed by atoms with Gasteiger partial charge in [-0.2, -0.15) is 0 Å². The summed E-state index contributed by atoms with van der Waals surface area (Å²) in [6.07, 6.45) is 0. The van der Waals surface area contributed by atoms with E-state index in [-0.39, 0.29) is 5.91 Å². The maximum absolute atomic E-state index is 11.5. The Bertz CT molecular complexity index is 310. The van der Waals surface area contributed by atoms with Crippen molar-refractivity contribution in [1.82, 2.24) is 9.80 Å². The second kappa shape index (κ2) is 2.97. The van der Waals surface area contributed by atoms with E-state index in [9.17, 15) is 14.4 Å². The molecule has 1 N–H and O–H groups in total. The lowest BCUT2D eigenvalue weighted by Gasteiger charge is -2.25. The van der Waals surface area contributed by atoms with Crippen LogP contribution in [0.15, 0.2) is 0 Å². The summed E-state index contributed by atoms with van der Waals surface area (Å²) in [7, 11) is 1.34. The molecule has 1 rings (SSSR count). The summed E-state index contributed by atoms with van der Waals surface area (Å²) in [6.45, 7) is 2.60. The Morgan fingerprint density at radius 3 is 2.21 bits per heavy atom. The van der Waals surface area contributed by atoms with Crippen molar-refractivity contribution in [3.8, 4) is 0 Å². The van der Waals surface area contributed by atoms with E-state index in [2.05, 4.69) is 0 Å². The van der Waals surface area contributed by atoms with E-state index in [1.54, 1.807) is 0 Å². The molecular formula is C8H12N2O4. The van der Waals surface area contributed by atoms with Gasteiger partial charge in [-0.25, -0.2) is 4.79 Å². The van der Waals surface area contributed by atoms with E-state index < -0.39 is 24.1 Å². The van der Waals surface area contributed by atoms with Gasteiger partial charge < -0.3 is 5.11 Å². The van der Waals surface area contributed by atoms with Gasteiger partial charge in [-0.05, 0) is 13.8 Å². The number of urea groups is 1. The maximum atomic E-state index is 11.5. The first-order valence-electron chi connectivity index (χ1n) is 4.10. The molecule has 0 aliphatic carbocycles. The van der Waals surface area contributed by atoms with Gasteiger partial charge in [0, 0.05) is 7.05 Å². The number of nitrogens with zero attached hydrogens (tertiary/aromatic N) is 2. The van der Waals surface area contributed by atoms with Gasteiger partial charge in [-0.1, -0.05) is 0 Å². The van der Waals surface area contributed by atoms with Gasteiger partial charge in [0.05, 0.1) is 0 Å². The van der Waals surface area contributed by atoms with Gasteiger partial charge in [0.2, 0.25) is 0 Å². The van der Waals surface area contributed by atoms with Crippen molar-refractivity contribution in [3.05, 3.63) is 0 Å². The normalized spacial score (nSPS) is 20.5. The number of carbonyl (C=O) groups excluding carboxylic acids is 2. The summed E-state index contributed by atoms with van der Waals surface area (Å²) in [6, 6.07) is -0.567. The van der Waals surface area contributed by atoms with Crippen molar-refractivity contribution in [2.75, 3.05) is 13.6 Å². The molecular weight excluding hydrogens is 188 g/mol. The van der Waals surface area contributed by atoms with E-state index >= 15 is 0 Å². The number of carboxylic acid groups (broad SMARTS) is 1. The van der Waals surface area contributed by atoms with Crippen molar-refractivity contribution in [2.45, 2.75) is 19.4 Å². The minimum Gasteiger partial charge on any atom is -0.480 e. The quantitative estimate of drug-likeness (QED) is 0.623. The predicted octanol–water partition coefficient (Wildman–Crippen LogP) is -0.256. The Labute approximate surface area is 81.1 Å². The van der Waals surface area contributed by atoms with Gasteiger partial charge in [0.1, 0.15) is 12.1 Å². The molecule has 6 nitrogen and oxygen atoms in total. The van der Waals surface area contributed by atoms with Gasteiger partial charge in [0.25, 0.3) is 5.91 Å². The number of aliphatic carboxylic acids is 1. The summed E-state index contributed by atoms with van der Waals surface area (Å²) < 4.78 is 0. The molecule has 0 radical (unpaired) electrons. The second-order valence-electron chi connectivity index (χ2n) is 3.69. The molecule has 1 aliphatic heterocycles. The van der Waals surface area contributed by atoms with Crippen LogP contribution >= 0.6 is 0 Å². The molecule has 0 atom stereocenters. The summed E-state index contributed by atoms with van der Waals surface area (Å²) in [5.74, 6) is -1.52. The minimum absolute atomic E-state index is 0.385. The number of carboxylic acids is 1. The molecule has 1 heterocycles. The van der Waals surface area contributed by atoms with Gasteiger partial charge in [-0.3, -0.25) is 19.4 Å². The third-order valence-corrected chi connectivity index (χ3v) is 2.31. The first-order chi connectivity index (χ1) is 6.28. The molecule has 0 saturated carbocycles. The van der Waals surface area contributed by atoms with Gasteiger partial charge >= 0.3 is 12.0 Å². The van der Waals surface area contributed by atoms with Crippen LogP contribution in [0.5, 0.6) is 0 Å². The number of hydrogen-bond donors (Lipinski definition) is 1. The molecule has 0 aromatic carbocycles. The van der Waals surface area contributed by atoms with Crippen LogP contribution in [-0.2, 0) is 9.59 Å². The van der Waals surface area contributed by atoms with Crippen LogP contribution in [0.4, 0.5) is 4.79 Å². The van der Waals surface area contributed by atoms with Crippen LogP contribution in [0.3, 0.4) is 0 Å². The predicted molar refractivity (Wildman–Crippen MR) is 46.6 cm³/mol. The zero-order valence-electron chi connectivity index (χ0n) is 8.27. The second-order valence-corrected chi connectivity index (χ2v) is 3.69. The highest BCUT2D eigenvalue weighted by molar-refractivity contribution is 6.07. The Balaban J connectivity index is 3.00. The van der Waals surface area contributed by atoms with Crippen molar-refractivity contribution >= 4 is 17.9 Å². The lowest BCUT2D eigenvalue weighted by atomic mass is 10.0. The number of likely N-dealkylation sites (N-methyl/N-ethyl adjacent to an activating group) is 1. The van der Waals surface area contributed by atoms with Gasteiger partial charge in [0.15, 0.2) is 0 Å². The fourth-order valence-electron chi connectivity index (χ4n) is 1.43. The molecule has 0 spiro atoms. The standard InChI is InChI=1S/C8H12N2O4/c1-8(2)6(13)9(3)7(14)10(8)4-5(11)12/h4H2,1-3H3,(H,11,12). The van der Waals surface area contributed by atoms with Gasteiger partial charge in [-0.15, -0.1) is 0 Å². The van der Waals surface area contributed by atoms with Crippen LogP contribution in [0.1, 0.15) is 13.8 Å². The van der Waals surface area contributed by atoms with Crippen LogP contribution in [-0.4, -0.2) is 51.9 Å². The fraction of sp³-hybridized carbons (Fsp3) is 0.625. The molecule has 3 amide bonds. The highest BCUT2D eigenvalue weighted by Crippen LogP contribution is 2.25. The summed E-state index contributed by atoms with van der Waals surface area (Å²) in [4.78, 5) is 35.4. The molecule has 14 heavy (non-hydrogen) atoms. The Morgan fingerprint density at radius 1 is 1.43 bits per heavy atom. The molecule has 0 aromatic rings. The monoisotopic (exact) mass is 200 g/mol. The lowest BCUT2D eigenvalue weighted by molar-refractivity contribution is -0.139. The molecule has 1 fully saturated rings. The molecule has 1 saturated heterocycles. The highest BCUT2D eigenvalue weighted by atomic mass is 16.4. The third-order valence-electron chi connectivity index (χ3n) is 2.31. The van der Waals surface area contributed by atoms with Crippen molar-refractivity contribution in [2.24, 2.45) is 0 Å². The highest BCUT2D eigenvalue weighted by Gasteiger charge is 2.50.